The zero-order valence-electron chi connectivity index (χ0n) is 13.7. The van der Waals surface area contributed by atoms with Gasteiger partial charge < -0.3 is 20.3 Å². The van der Waals surface area contributed by atoms with Crippen molar-refractivity contribution in [2.24, 2.45) is 5.41 Å². The lowest BCUT2D eigenvalue weighted by atomic mass is 9.72. The number of nitrogens with two attached hydrogens (primary N) is 1. The Morgan fingerprint density at radius 3 is 2.33 bits per heavy atom. The van der Waals surface area contributed by atoms with Crippen LogP contribution in [0.4, 0.5) is 17.1 Å². The van der Waals surface area contributed by atoms with Crippen LogP contribution in [0.1, 0.15) is 10.4 Å². The van der Waals surface area contributed by atoms with Gasteiger partial charge in [0.15, 0.2) is 0 Å². The van der Waals surface area contributed by atoms with Crippen LogP contribution in [0.5, 0.6) is 0 Å². The topological polar surface area (TPSA) is 58.8 Å². The van der Waals surface area contributed by atoms with Gasteiger partial charge in [-0.25, -0.2) is 4.79 Å². The number of ether oxygens (including phenoxy) is 1. The standard InChI is InChI=1S/C19H21N3O2/c1-24-18(23)15-8-5-9-16(17(15)20)22-12-19(13-22)10-21(11-19)14-6-3-2-4-7-14/h2-9H,10-13,20H2,1H3. The van der Waals surface area contributed by atoms with Crippen LogP contribution in [-0.2, 0) is 4.74 Å². The number of hydrogen-bond acceptors (Lipinski definition) is 5. The van der Waals surface area contributed by atoms with Crippen molar-refractivity contribution in [3.63, 3.8) is 0 Å². The van der Waals surface area contributed by atoms with Gasteiger partial charge in [0.1, 0.15) is 0 Å². The number of carbonyl (C=O) groups excluding carboxylic acids is 1. The van der Waals surface area contributed by atoms with E-state index in [0.29, 0.717) is 16.7 Å². The molecule has 2 aromatic carbocycles. The summed E-state index contributed by atoms with van der Waals surface area (Å²) in [4.78, 5) is 16.4. The molecule has 0 aliphatic carbocycles. The first-order valence-corrected chi connectivity index (χ1v) is 8.14. The molecular weight excluding hydrogens is 302 g/mol. The second-order valence-corrected chi connectivity index (χ2v) is 6.78. The van der Waals surface area contributed by atoms with Gasteiger partial charge in [0, 0.05) is 37.3 Å². The van der Waals surface area contributed by atoms with E-state index in [1.54, 1.807) is 6.07 Å². The molecule has 2 N–H and O–H groups in total. The Hall–Kier alpha value is -2.69. The molecule has 0 atom stereocenters. The summed E-state index contributed by atoms with van der Waals surface area (Å²) < 4.78 is 4.80. The van der Waals surface area contributed by atoms with Gasteiger partial charge in [-0.05, 0) is 24.3 Å². The molecule has 0 unspecified atom stereocenters. The largest absolute Gasteiger partial charge is 0.465 e. The number of hydrogen-bond donors (Lipinski definition) is 1. The van der Waals surface area contributed by atoms with Gasteiger partial charge in [-0.15, -0.1) is 0 Å². The van der Waals surface area contributed by atoms with Gasteiger partial charge in [0.2, 0.25) is 0 Å². The molecule has 24 heavy (non-hydrogen) atoms. The zero-order valence-corrected chi connectivity index (χ0v) is 13.7. The van der Waals surface area contributed by atoms with Gasteiger partial charge in [-0.1, -0.05) is 24.3 Å². The van der Waals surface area contributed by atoms with Gasteiger partial charge in [-0.3, -0.25) is 0 Å². The summed E-state index contributed by atoms with van der Waals surface area (Å²) >= 11 is 0. The monoisotopic (exact) mass is 323 g/mol. The van der Waals surface area contributed by atoms with Crippen molar-refractivity contribution in [2.75, 3.05) is 48.8 Å². The van der Waals surface area contributed by atoms with Gasteiger partial charge in [0.25, 0.3) is 0 Å². The molecular formula is C19H21N3O2. The predicted molar refractivity (Wildman–Crippen MR) is 95.5 cm³/mol. The fraction of sp³-hybridized carbons (Fsp3) is 0.316. The van der Waals surface area contributed by atoms with Crippen molar-refractivity contribution < 1.29 is 9.53 Å². The van der Waals surface area contributed by atoms with Crippen LogP contribution >= 0.6 is 0 Å². The third-order valence-corrected chi connectivity index (χ3v) is 5.06. The molecule has 0 amide bonds. The van der Waals surface area contributed by atoms with Crippen molar-refractivity contribution in [3.05, 3.63) is 54.1 Å². The van der Waals surface area contributed by atoms with E-state index >= 15 is 0 Å². The second kappa shape index (κ2) is 5.44. The molecule has 2 aromatic rings. The molecule has 0 radical (unpaired) electrons. The number of rotatable bonds is 3. The summed E-state index contributed by atoms with van der Waals surface area (Å²) in [5, 5.41) is 0. The van der Waals surface area contributed by atoms with Crippen molar-refractivity contribution in [2.45, 2.75) is 0 Å². The zero-order chi connectivity index (χ0) is 16.7. The summed E-state index contributed by atoms with van der Waals surface area (Å²) in [6.45, 7) is 4.10. The van der Waals surface area contributed by atoms with E-state index in [0.717, 1.165) is 31.9 Å². The maximum Gasteiger partial charge on any atom is 0.340 e. The molecule has 2 saturated heterocycles. The number of esters is 1. The molecule has 4 rings (SSSR count). The molecule has 2 aliphatic heterocycles. The predicted octanol–water partition coefficient (Wildman–Crippen LogP) is 2.38. The van der Waals surface area contributed by atoms with Crippen LogP contribution in [0.3, 0.4) is 0 Å². The first kappa shape index (κ1) is 14.9. The van der Waals surface area contributed by atoms with E-state index < -0.39 is 0 Å². The van der Waals surface area contributed by atoms with E-state index in [2.05, 4.69) is 34.1 Å². The lowest BCUT2D eigenvalue weighted by Gasteiger charge is -2.61. The van der Waals surface area contributed by atoms with E-state index in [1.165, 1.54) is 12.8 Å². The molecule has 2 fully saturated rings. The molecule has 2 aliphatic rings. The third kappa shape index (κ3) is 2.28. The Labute approximate surface area is 141 Å². The Bertz CT molecular complexity index is 761. The molecule has 2 heterocycles. The Morgan fingerprint density at radius 1 is 1.00 bits per heavy atom. The van der Waals surface area contributed by atoms with Crippen molar-refractivity contribution in [1.29, 1.82) is 0 Å². The normalized spacial score (nSPS) is 18.0. The van der Waals surface area contributed by atoms with E-state index in [4.69, 9.17) is 10.5 Å². The van der Waals surface area contributed by atoms with Crippen LogP contribution in [0.15, 0.2) is 48.5 Å². The minimum atomic E-state index is -0.386. The SMILES string of the molecule is COC(=O)c1cccc(N2CC3(CN(c4ccccc4)C3)C2)c1N. The number of methoxy groups -OCH3 is 1. The number of anilines is 3. The van der Waals surface area contributed by atoms with E-state index in [-0.39, 0.29) is 5.97 Å². The van der Waals surface area contributed by atoms with Gasteiger partial charge in [-0.2, -0.15) is 0 Å². The third-order valence-electron chi connectivity index (χ3n) is 5.06. The summed E-state index contributed by atoms with van der Waals surface area (Å²) in [5.41, 5.74) is 9.71. The number of nitrogen functional groups attached to an aromatic ring is 1. The number of nitrogens with zero attached hydrogens (tertiary/aromatic N) is 2. The highest BCUT2D eigenvalue weighted by molar-refractivity contribution is 5.98. The lowest BCUT2D eigenvalue weighted by molar-refractivity contribution is 0.0602. The molecule has 5 heteroatoms. The van der Waals surface area contributed by atoms with Crippen LogP contribution in [-0.4, -0.2) is 39.3 Å². The number of benzene rings is 2. The van der Waals surface area contributed by atoms with Gasteiger partial charge in [0.05, 0.1) is 24.0 Å². The van der Waals surface area contributed by atoms with E-state index in [1.807, 2.05) is 18.2 Å². The van der Waals surface area contributed by atoms with E-state index in [9.17, 15) is 4.79 Å². The summed E-state index contributed by atoms with van der Waals surface area (Å²) in [5.74, 6) is -0.386. The highest BCUT2D eigenvalue weighted by atomic mass is 16.5. The van der Waals surface area contributed by atoms with Crippen LogP contribution in [0.2, 0.25) is 0 Å². The average Bonchev–Trinajstić information content (AvgIpc) is 2.54. The molecule has 1 spiro atoms. The second-order valence-electron chi connectivity index (χ2n) is 6.78. The van der Waals surface area contributed by atoms with Crippen molar-refractivity contribution in [1.82, 2.24) is 0 Å². The maximum absolute atomic E-state index is 11.8. The maximum atomic E-state index is 11.8. The molecule has 124 valence electrons. The highest BCUT2D eigenvalue weighted by Crippen LogP contribution is 2.45. The van der Waals surface area contributed by atoms with Crippen molar-refractivity contribution >= 4 is 23.0 Å². The fourth-order valence-electron chi connectivity index (χ4n) is 3.84. The van der Waals surface area contributed by atoms with Crippen LogP contribution < -0.4 is 15.5 Å². The minimum Gasteiger partial charge on any atom is -0.465 e. The highest BCUT2D eigenvalue weighted by Gasteiger charge is 2.52. The minimum absolute atomic E-state index is 0.351. The Balaban J connectivity index is 1.43. The number of para-hydroxylation sites is 2. The smallest absolute Gasteiger partial charge is 0.340 e. The quantitative estimate of drug-likeness (QED) is 0.694. The molecule has 0 saturated carbocycles. The van der Waals surface area contributed by atoms with Crippen LogP contribution in [0.25, 0.3) is 0 Å². The van der Waals surface area contributed by atoms with Gasteiger partial charge >= 0.3 is 5.97 Å². The molecule has 5 nitrogen and oxygen atoms in total. The Morgan fingerprint density at radius 2 is 1.67 bits per heavy atom. The molecule has 0 aromatic heterocycles. The average molecular weight is 323 g/mol. The first-order valence-electron chi connectivity index (χ1n) is 8.14. The summed E-state index contributed by atoms with van der Waals surface area (Å²) in [6.07, 6.45) is 0. The lowest BCUT2D eigenvalue weighted by Crippen LogP contribution is -2.72. The summed E-state index contributed by atoms with van der Waals surface area (Å²) in [7, 11) is 1.37. The summed E-state index contributed by atoms with van der Waals surface area (Å²) in [6, 6.07) is 16.0. The first-order chi connectivity index (χ1) is 11.6. The Kier molecular flexibility index (Phi) is 3.37. The fourth-order valence-corrected chi connectivity index (χ4v) is 3.84. The van der Waals surface area contributed by atoms with Crippen LogP contribution in [0, 0.1) is 5.41 Å². The number of carbonyl (C=O) groups is 1. The van der Waals surface area contributed by atoms with Crippen molar-refractivity contribution in [3.8, 4) is 0 Å². The molecule has 0 bridgehead atoms.